The average molecular weight is 343 g/mol. The highest BCUT2D eigenvalue weighted by Crippen LogP contribution is 2.33. The second-order valence-electron chi connectivity index (χ2n) is 6.56. The molecule has 1 aromatic heterocycles. The van der Waals surface area contributed by atoms with Crippen molar-refractivity contribution >= 4 is 5.91 Å². The van der Waals surface area contributed by atoms with Crippen molar-refractivity contribution in [3.8, 4) is 11.5 Å². The second kappa shape index (κ2) is 6.78. The van der Waals surface area contributed by atoms with Crippen LogP contribution in [0.5, 0.6) is 11.5 Å². The van der Waals surface area contributed by atoms with Gasteiger partial charge in [-0.25, -0.2) is 0 Å². The Balaban J connectivity index is 1.74. The number of fused-ring (bicyclic) bond motifs is 1. The molecule has 1 aromatic carbocycles. The number of hydrogen-bond acceptors (Lipinski definition) is 4. The number of hydrogen-bond donors (Lipinski definition) is 1. The van der Waals surface area contributed by atoms with E-state index in [1.807, 2.05) is 57.6 Å². The molecular weight excluding hydrogens is 318 g/mol. The summed E-state index contributed by atoms with van der Waals surface area (Å²) in [5, 5.41) is 7.50. The van der Waals surface area contributed by atoms with Crippen molar-refractivity contribution in [3.63, 3.8) is 0 Å². The van der Waals surface area contributed by atoms with Crippen molar-refractivity contribution < 1.29 is 14.3 Å². The summed E-state index contributed by atoms with van der Waals surface area (Å²) >= 11 is 0. The van der Waals surface area contributed by atoms with Gasteiger partial charge in [-0.15, -0.1) is 0 Å². The summed E-state index contributed by atoms with van der Waals surface area (Å²) in [5.74, 6) is 1.22. The zero-order valence-electron chi connectivity index (χ0n) is 15.4. The zero-order valence-corrected chi connectivity index (χ0v) is 15.4. The monoisotopic (exact) mass is 343 g/mol. The Morgan fingerprint density at radius 3 is 2.52 bits per heavy atom. The molecule has 6 nitrogen and oxygen atoms in total. The van der Waals surface area contributed by atoms with Crippen LogP contribution >= 0.6 is 0 Å². The highest BCUT2D eigenvalue weighted by Gasteiger charge is 2.24. The fourth-order valence-corrected chi connectivity index (χ4v) is 3.30. The van der Waals surface area contributed by atoms with E-state index in [4.69, 9.17) is 9.47 Å². The Labute approximate surface area is 148 Å². The fraction of sp³-hybridized carbons (Fsp3) is 0.474. The first-order valence-corrected chi connectivity index (χ1v) is 8.58. The number of aromatic nitrogens is 2. The van der Waals surface area contributed by atoms with Gasteiger partial charge < -0.3 is 14.8 Å². The molecule has 0 unspecified atom stereocenters. The van der Waals surface area contributed by atoms with Crippen LogP contribution in [-0.4, -0.2) is 28.9 Å². The quantitative estimate of drug-likeness (QED) is 0.927. The molecule has 3 rings (SSSR count). The van der Waals surface area contributed by atoms with Crippen LogP contribution in [0.25, 0.3) is 0 Å². The number of nitrogens with one attached hydrogen (secondary N) is 1. The van der Waals surface area contributed by atoms with Crippen molar-refractivity contribution in [2.24, 2.45) is 7.05 Å². The number of aryl methyl sites for hydroxylation is 2. The van der Waals surface area contributed by atoms with Gasteiger partial charge in [0.05, 0.1) is 17.7 Å². The van der Waals surface area contributed by atoms with Gasteiger partial charge in [0, 0.05) is 18.3 Å². The van der Waals surface area contributed by atoms with Gasteiger partial charge in [-0.05, 0) is 45.4 Å². The van der Waals surface area contributed by atoms with Gasteiger partial charge in [-0.1, -0.05) is 6.07 Å². The molecule has 134 valence electrons. The molecule has 6 heteroatoms. The number of ether oxygens (including phenoxy) is 2. The van der Waals surface area contributed by atoms with Crippen molar-refractivity contribution in [2.45, 2.75) is 39.7 Å². The number of carbonyl (C=O) groups is 1. The van der Waals surface area contributed by atoms with Gasteiger partial charge in [0.2, 0.25) is 5.91 Å². The lowest BCUT2D eigenvalue weighted by Gasteiger charge is -2.22. The first-order valence-electron chi connectivity index (χ1n) is 8.58. The van der Waals surface area contributed by atoms with Gasteiger partial charge in [-0.2, -0.15) is 5.10 Å². The van der Waals surface area contributed by atoms with E-state index in [2.05, 4.69) is 10.4 Å². The van der Waals surface area contributed by atoms with Crippen LogP contribution in [0.2, 0.25) is 0 Å². The smallest absolute Gasteiger partial charge is 0.227 e. The van der Waals surface area contributed by atoms with Crippen LogP contribution in [-0.2, 0) is 11.8 Å². The highest BCUT2D eigenvalue weighted by molar-refractivity contribution is 5.84. The molecule has 0 spiro atoms. The minimum absolute atomic E-state index is 0.0124. The Morgan fingerprint density at radius 2 is 1.88 bits per heavy atom. The number of benzene rings is 1. The largest absolute Gasteiger partial charge is 0.486 e. The van der Waals surface area contributed by atoms with Gasteiger partial charge in [0.25, 0.3) is 0 Å². The third-order valence-electron chi connectivity index (χ3n) is 4.82. The van der Waals surface area contributed by atoms with E-state index >= 15 is 0 Å². The summed E-state index contributed by atoms with van der Waals surface area (Å²) in [4.78, 5) is 12.7. The summed E-state index contributed by atoms with van der Waals surface area (Å²) in [6.45, 7) is 8.94. The highest BCUT2D eigenvalue weighted by atomic mass is 16.6. The Hall–Kier alpha value is -2.50. The van der Waals surface area contributed by atoms with E-state index in [1.54, 1.807) is 0 Å². The summed E-state index contributed by atoms with van der Waals surface area (Å²) < 4.78 is 13.0. The van der Waals surface area contributed by atoms with E-state index in [1.165, 1.54) is 0 Å². The van der Waals surface area contributed by atoms with Crippen LogP contribution in [0, 0.1) is 13.8 Å². The molecular formula is C19H25N3O3. The van der Waals surface area contributed by atoms with Gasteiger partial charge in [-0.3, -0.25) is 9.48 Å². The molecule has 1 N–H and O–H groups in total. The molecule has 0 saturated carbocycles. The van der Waals surface area contributed by atoms with Crippen LogP contribution < -0.4 is 14.8 Å². The molecule has 25 heavy (non-hydrogen) atoms. The lowest BCUT2D eigenvalue weighted by Crippen LogP contribution is -2.31. The second-order valence-corrected chi connectivity index (χ2v) is 6.56. The van der Waals surface area contributed by atoms with E-state index in [0.29, 0.717) is 13.2 Å². The lowest BCUT2D eigenvalue weighted by atomic mass is 9.97. The maximum Gasteiger partial charge on any atom is 0.227 e. The first kappa shape index (κ1) is 17.3. The van der Waals surface area contributed by atoms with Crippen LogP contribution in [0.3, 0.4) is 0 Å². The normalized spacial score (nSPS) is 15.6. The number of nitrogens with zero attached hydrogens (tertiary/aromatic N) is 2. The van der Waals surface area contributed by atoms with Gasteiger partial charge >= 0.3 is 0 Å². The van der Waals surface area contributed by atoms with Crippen molar-refractivity contribution in [2.75, 3.05) is 13.2 Å². The molecule has 1 aliphatic rings. The number of rotatable bonds is 4. The van der Waals surface area contributed by atoms with Crippen LogP contribution in [0.15, 0.2) is 18.2 Å². The van der Waals surface area contributed by atoms with E-state index in [0.717, 1.165) is 34.0 Å². The van der Waals surface area contributed by atoms with Gasteiger partial charge in [0.15, 0.2) is 11.5 Å². The Bertz CT molecular complexity index is 797. The molecule has 0 bridgehead atoms. The predicted molar refractivity (Wildman–Crippen MR) is 95.1 cm³/mol. The van der Waals surface area contributed by atoms with Crippen LogP contribution in [0.4, 0.5) is 0 Å². The SMILES string of the molecule is Cc1nn(C)c(C)c1[C@@H](C)C(=O)N[C@@H](C)c1ccc2c(c1)OCCO2. The van der Waals surface area contributed by atoms with Crippen molar-refractivity contribution in [3.05, 3.63) is 40.7 Å². The molecule has 0 aliphatic carbocycles. The zero-order chi connectivity index (χ0) is 18.1. The molecule has 2 aromatic rings. The lowest BCUT2D eigenvalue weighted by molar-refractivity contribution is -0.122. The minimum Gasteiger partial charge on any atom is -0.486 e. The predicted octanol–water partition coefficient (Wildman–Crippen LogP) is 2.79. The Morgan fingerprint density at radius 1 is 1.20 bits per heavy atom. The van der Waals surface area contributed by atoms with Gasteiger partial charge in [0.1, 0.15) is 13.2 Å². The molecule has 1 amide bonds. The summed E-state index contributed by atoms with van der Waals surface area (Å²) in [6.07, 6.45) is 0. The molecule has 2 heterocycles. The van der Waals surface area contributed by atoms with E-state index < -0.39 is 0 Å². The third kappa shape index (κ3) is 3.34. The summed E-state index contributed by atoms with van der Waals surface area (Å²) in [7, 11) is 1.90. The average Bonchev–Trinajstić information content (AvgIpc) is 2.85. The first-order chi connectivity index (χ1) is 11.9. The maximum atomic E-state index is 12.7. The number of carbonyl (C=O) groups excluding carboxylic acids is 1. The Kier molecular flexibility index (Phi) is 4.70. The van der Waals surface area contributed by atoms with Crippen molar-refractivity contribution in [1.29, 1.82) is 0 Å². The minimum atomic E-state index is -0.256. The topological polar surface area (TPSA) is 65.4 Å². The summed E-state index contributed by atoms with van der Waals surface area (Å²) in [6, 6.07) is 5.67. The summed E-state index contributed by atoms with van der Waals surface area (Å²) in [5.41, 5.74) is 3.90. The molecule has 0 radical (unpaired) electrons. The van der Waals surface area contributed by atoms with E-state index in [9.17, 15) is 4.79 Å². The number of amides is 1. The molecule has 1 aliphatic heterocycles. The van der Waals surface area contributed by atoms with E-state index in [-0.39, 0.29) is 17.9 Å². The molecule has 2 atom stereocenters. The molecule has 0 saturated heterocycles. The van der Waals surface area contributed by atoms with Crippen LogP contribution in [0.1, 0.15) is 48.3 Å². The maximum absolute atomic E-state index is 12.7. The third-order valence-corrected chi connectivity index (χ3v) is 4.82. The fourth-order valence-electron chi connectivity index (χ4n) is 3.30. The molecule has 0 fully saturated rings. The standard InChI is InChI=1S/C19H25N3O3/c1-11(18-13(3)21-22(5)14(18)4)19(23)20-12(2)15-6-7-16-17(10-15)25-9-8-24-16/h6-7,10-12H,8-9H2,1-5H3,(H,20,23)/t11-,12+/m1/s1. The van der Waals surface area contributed by atoms with Crippen molar-refractivity contribution in [1.82, 2.24) is 15.1 Å².